The van der Waals surface area contributed by atoms with Gasteiger partial charge in [-0.25, -0.2) is 4.98 Å². The van der Waals surface area contributed by atoms with Crippen LogP contribution in [0.3, 0.4) is 0 Å². The zero-order chi connectivity index (χ0) is 17.1. The Hall–Kier alpha value is -0.980. The van der Waals surface area contributed by atoms with Crippen LogP contribution in [-0.4, -0.2) is 36.1 Å². The standard InChI is InChI=1S/C16H18Cl3N5.ClH/c1-10(12-3-2-11(17)8-13(12)18)22-15-14(19)9-21-16(23-15)24-6-4-20-5-7-24;/h2-3,8-10,20H,4-7H2,1H3,(H,21,22,23);1H/t10-;/m1./s1. The van der Waals surface area contributed by atoms with Crippen molar-refractivity contribution in [3.63, 3.8) is 0 Å². The normalized spacial score (nSPS) is 15.4. The van der Waals surface area contributed by atoms with Crippen molar-refractivity contribution in [3.05, 3.63) is 45.0 Å². The van der Waals surface area contributed by atoms with Crippen molar-refractivity contribution >= 4 is 46.6 Å². The molecule has 1 aromatic heterocycles. The second-order valence-electron chi connectivity index (χ2n) is 5.64. The molecule has 1 fully saturated rings. The molecular formula is C16H19Cl4N5. The molecule has 0 bridgehead atoms. The fourth-order valence-corrected chi connectivity index (χ4v) is 3.33. The van der Waals surface area contributed by atoms with Crippen LogP contribution in [0, 0.1) is 0 Å². The lowest BCUT2D eigenvalue weighted by Gasteiger charge is -2.28. The van der Waals surface area contributed by atoms with Crippen LogP contribution < -0.4 is 27.9 Å². The van der Waals surface area contributed by atoms with Crippen molar-refractivity contribution in [1.82, 2.24) is 15.3 Å². The average Bonchev–Trinajstić information content (AvgIpc) is 2.57. The molecule has 1 atom stereocenters. The molecule has 0 unspecified atom stereocenters. The summed E-state index contributed by atoms with van der Waals surface area (Å²) >= 11 is 18.5. The first-order valence-electron chi connectivity index (χ1n) is 7.74. The van der Waals surface area contributed by atoms with Crippen molar-refractivity contribution in [2.24, 2.45) is 0 Å². The van der Waals surface area contributed by atoms with E-state index >= 15 is 0 Å². The zero-order valence-corrected chi connectivity index (χ0v) is 16.6. The number of hydrogen-bond donors (Lipinski definition) is 2. The molecule has 1 saturated heterocycles. The van der Waals surface area contributed by atoms with Crippen molar-refractivity contribution < 1.29 is 13.8 Å². The summed E-state index contributed by atoms with van der Waals surface area (Å²) in [6.07, 6.45) is 1.63. The maximum atomic E-state index is 6.28. The molecule has 25 heavy (non-hydrogen) atoms. The maximum Gasteiger partial charge on any atom is 1.00 e. The number of nitrogens with zero attached hydrogens (tertiary/aromatic N) is 3. The van der Waals surface area contributed by atoms with Gasteiger partial charge in [0.25, 0.3) is 0 Å². The number of halogens is 4. The van der Waals surface area contributed by atoms with Gasteiger partial charge in [-0.15, -0.1) is 0 Å². The smallest absolute Gasteiger partial charge is 1.00 e. The predicted octanol–water partition coefficient (Wildman–Crippen LogP) is 1.14. The van der Waals surface area contributed by atoms with Gasteiger partial charge in [-0.1, -0.05) is 40.9 Å². The van der Waals surface area contributed by atoms with E-state index in [1.54, 1.807) is 12.3 Å². The molecule has 0 saturated carbocycles. The molecule has 3 rings (SSSR count). The SMILES string of the molecule is C[C@@H](Nc1nc(N2CCNCC2)ncc1Cl)c1ccc(Cl)cc1Cl.[Cl-].[H+]. The fourth-order valence-electron chi connectivity index (χ4n) is 2.61. The molecule has 0 radical (unpaired) electrons. The number of nitrogens with one attached hydrogen (secondary N) is 2. The first kappa shape index (κ1) is 20.3. The van der Waals surface area contributed by atoms with Crippen LogP contribution in [-0.2, 0) is 0 Å². The van der Waals surface area contributed by atoms with Gasteiger partial charge in [-0.2, -0.15) is 4.98 Å². The molecule has 0 spiro atoms. The van der Waals surface area contributed by atoms with E-state index in [-0.39, 0.29) is 19.9 Å². The van der Waals surface area contributed by atoms with Gasteiger partial charge >= 0.3 is 1.43 Å². The highest BCUT2D eigenvalue weighted by Crippen LogP contribution is 2.30. The molecule has 1 aromatic carbocycles. The van der Waals surface area contributed by atoms with E-state index in [1.165, 1.54) is 0 Å². The Bertz CT molecular complexity index is 728. The van der Waals surface area contributed by atoms with E-state index in [0.29, 0.717) is 26.8 Å². The minimum Gasteiger partial charge on any atom is -1.00 e. The van der Waals surface area contributed by atoms with Crippen LogP contribution in [0.5, 0.6) is 0 Å². The van der Waals surface area contributed by atoms with E-state index in [2.05, 4.69) is 25.5 Å². The van der Waals surface area contributed by atoms with Gasteiger partial charge in [-0.3, -0.25) is 0 Å². The highest BCUT2D eigenvalue weighted by atomic mass is 35.5. The Balaban J connectivity index is 0.00000169. The van der Waals surface area contributed by atoms with Gasteiger partial charge in [0, 0.05) is 36.2 Å². The fraction of sp³-hybridized carbons (Fsp3) is 0.375. The Kier molecular flexibility index (Phi) is 7.40. The van der Waals surface area contributed by atoms with E-state index in [4.69, 9.17) is 34.8 Å². The molecule has 9 heteroatoms. The van der Waals surface area contributed by atoms with Crippen LogP contribution >= 0.6 is 34.8 Å². The zero-order valence-electron chi connectivity index (χ0n) is 14.6. The highest BCUT2D eigenvalue weighted by Gasteiger charge is 2.17. The van der Waals surface area contributed by atoms with Crippen LogP contribution in [0.2, 0.25) is 15.1 Å². The molecule has 136 valence electrons. The lowest BCUT2D eigenvalue weighted by Crippen LogP contribution is -3.00. The Morgan fingerprint density at radius 1 is 1.20 bits per heavy atom. The summed E-state index contributed by atoms with van der Waals surface area (Å²) < 4.78 is 0. The molecule has 2 N–H and O–H groups in total. The van der Waals surface area contributed by atoms with Gasteiger partial charge in [0.2, 0.25) is 5.95 Å². The summed E-state index contributed by atoms with van der Waals surface area (Å²) in [4.78, 5) is 11.1. The number of benzene rings is 1. The number of piperazine rings is 1. The third-order valence-electron chi connectivity index (χ3n) is 3.91. The topological polar surface area (TPSA) is 53.1 Å². The second-order valence-corrected chi connectivity index (χ2v) is 6.89. The van der Waals surface area contributed by atoms with E-state index in [0.717, 1.165) is 31.7 Å². The van der Waals surface area contributed by atoms with E-state index in [1.807, 2.05) is 19.1 Å². The van der Waals surface area contributed by atoms with Gasteiger partial charge in [0.05, 0.1) is 12.2 Å². The third-order valence-corrected chi connectivity index (χ3v) is 4.75. The second kappa shape index (κ2) is 9.10. The summed E-state index contributed by atoms with van der Waals surface area (Å²) in [6.45, 7) is 5.59. The molecule has 1 aliphatic heterocycles. The lowest BCUT2D eigenvalue weighted by molar-refractivity contribution is -0.00000479. The summed E-state index contributed by atoms with van der Waals surface area (Å²) in [5.41, 5.74) is 0.930. The molecule has 2 aromatic rings. The molecule has 0 aliphatic carbocycles. The summed E-state index contributed by atoms with van der Waals surface area (Å²) in [6, 6.07) is 5.37. The first-order chi connectivity index (χ1) is 11.5. The Morgan fingerprint density at radius 3 is 2.60 bits per heavy atom. The summed E-state index contributed by atoms with van der Waals surface area (Å²) in [7, 11) is 0. The number of hydrogen-bond acceptors (Lipinski definition) is 5. The average molecular weight is 423 g/mol. The van der Waals surface area contributed by atoms with Gasteiger partial charge < -0.3 is 27.9 Å². The largest absolute Gasteiger partial charge is 1.00 e. The first-order valence-corrected chi connectivity index (χ1v) is 8.87. The third kappa shape index (κ3) is 5.02. The van der Waals surface area contributed by atoms with E-state index < -0.39 is 0 Å². The minimum atomic E-state index is -0.0713. The van der Waals surface area contributed by atoms with Crippen molar-refractivity contribution in [2.45, 2.75) is 13.0 Å². The molecular weight excluding hydrogens is 404 g/mol. The van der Waals surface area contributed by atoms with Crippen molar-refractivity contribution in [1.29, 1.82) is 0 Å². The Labute approximate surface area is 170 Å². The number of rotatable bonds is 4. The van der Waals surface area contributed by atoms with Crippen molar-refractivity contribution in [2.75, 3.05) is 36.4 Å². The Morgan fingerprint density at radius 2 is 1.92 bits per heavy atom. The quantitative estimate of drug-likeness (QED) is 0.773. The van der Waals surface area contributed by atoms with Gasteiger partial charge in [0.1, 0.15) is 5.02 Å². The number of anilines is 2. The monoisotopic (exact) mass is 421 g/mol. The molecule has 2 heterocycles. The van der Waals surface area contributed by atoms with Crippen molar-refractivity contribution in [3.8, 4) is 0 Å². The van der Waals surface area contributed by atoms with Crippen LogP contribution in [0.1, 0.15) is 20.0 Å². The molecule has 0 amide bonds. The predicted molar refractivity (Wildman–Crippen MR) is 102 cm³/mol. The lowest BCUT2D eigenvalue weighted by atomic mass is 10.1. The van der Waals surface area contributed by atoms with Crippen LogP contribution in [0.25, 0.3) is 0 Å². The van der Waals surface area contributed by atoms with Gasteiger partial charge in [-0.05, 0) is 24.6 Å². The minimum absolute atomic E-state index is 0. The van der Waals surface area contributed by atoms with Gasteiger partial charge in [0.15, 0.2) is 5.82 Å². The summed E-state index contributed by atoms with van der Waals surface area (Å²) in [5, 5.41) is 8.32. The van der Waals surface area contributed by atoms with E-state index in [9.17, 15) is 0 Å². The highest BCUT2D eigenvalue weighted by molar-refractivity contribution is 6.35. The molecule has 5 nitrogen and oxygen atoms in total. The maximum absolute atomic E-state index is 6.28. The molecule has 1 aliphatic rings. The summed E-state index contributed by atoms with van der Waals surface area (Å²) in [5.74, 6) is 1.27. The van der Waals surface area contributed by atoms with Crippen LogP contribution in [0.4, 0.5) is 11.8 Å². The number of aromatic nitrogens is 2. The van der Waals surface area contributed by atoms with Crippen LogP contribution in [0.15, 0.2) is 24.4 Å².